The third-order valence-electron chi connectivity index (χ3n) is 20.7. The summed E-state index contributed by atoms with van der Waals surface area (Å²) in [5, 5.41) is 63.6. The Hall–Kier alpha value is -2.09. The molecule has 10 aliphatic rings. The van der Waals surface area contributed by atoms with Crippen LogP contribution < -0.4 is 10.4 Å². The molecule has 11 rings (SSSR count). The van der Waals surface area contributed by atoms with Crippen LogP contribution in [0.1, 0.15) is 111 Å². The van der Waals surface area contributed by atoms with Crippen molar-refractivity contribution in [3.63, 3.8) is 0 Å². The molecule has 7 saturated carbocycles. The Bertz CT molecular complexity index is 2050. The number of aliphatic hydroxyl groups is 5. The molecule has 0 aromatic heterocycles. The molecule has 0 heterocycles. The van der Waals surface area contributed by atoms with Crippen LogP contribution in [-0.2, 0) is 4.79 Å². The standard InChI is InChI=1S/C49H64O6/c1-42(2)25-34-33-24-35(51)41-45(44(33,4)37-11-12-39(53)49(34)46(27-42)17-7-10-31(46)14-21-48(37,49)55)18-13-30-22-28-8-5-6-9-29(28)23-32(30)47(41)20-16-38(52)43(3,40(54)26-50)36(47)15-19-45/h5-6,8-9,14,21-24,30-32,34,36-41,50,52-55H,7,10-13,15-20,25-27H2,1-4H3. The maximum Gasteiger partial charge on any atom is 0.159 e. The molecule has 17 atom stereocenters. The summed E-state index contributed by atoms with van der Waals surface area (Å²) in [4.78, 5) is 16.1. The molecule has 1 aromatic carbocycles. The largest absolute Gasteiger partial charge is 0.394 e. The summed E-state index contributed by atoms with van der Waals surface area (Å²) in [6.07, 6.45) is 20.2. The first-order valence-corrected chi connectivity index (χ1v) is 22.2. The molecule has 296 valence electrons. The van der Waals surface area contributed by atoms with Gasteiger partial charge < -0.3 is 25.5 Å². The van der Waals surface area contributed by atoms with Gasteiger partial charge in [0.2, 0.25) is 0 Å². The minimum absolute atomic E-state index is 0.0113. The van der Waals surface area contributed by atoms with Crippen molar-refractivity contribution in [3.05, 3.63) is 58.5 Å². The second kappa shape index (κ2) is 10.9. The van der Waals surface area contributed by atoms with E-state index >= 15 is 4.79 Å². The topological polar surface area (TPSA) is 118 Å². The van der Waals surface area contributed by atoms with Crippen molar-refractivity contribution in [2.24, 2.45) is 79.3 Å². The second-order valence-electron chi connectivity index (χ2n) is 22.3. The molecule has 10 aliphatic carbocycles. The summed E-state index contributed by atoms with van der Waals surface area (Å²) < 4.78 is 0. The van der Waals surface area contributed by atoms with E-state index in [9.17, 15) is 25.5 Å². The molecular formula is C49H64O6. The molecule has 6 heteroatoms. The van der Waals surface area contributed by atoms with Gasteiger partial charge in [-0.3, -0.25) is 4.79 Å². The number of fused-ring (bicyclic) bond motifs is 5. The number of allylic oxidation sites excluding steroid dienone is 3. The van der Waals surface area contributed by atoms with Crippen LogP contribution in [0.4, 0.5) is 0 Å². The summed E-state index contributed by atoms with van der Waals surface area (Å²) in [7, 11) is 0. The number of rotatable bonds is 2. The molecular weight excluding hydrogens is 685 g/mol. The highest BCUT2D eigenvalue weighted by Crippen LogP contribution is 2.87. The van der Waals surface area contributed by atoms with Crippen molar-refractivity contribution in [3.8, 4) is 0 Å². The molecule has 6 nitrogen and oxygen atoms in total. The molecule has 4 bridgehead atoms. The average Bonchev–Trinajstić information content (AvgIpc) is 3.53. The average molecular weight is 749 g/mol. The fraction of sp³-hybridized carbons (Fsp3) is 0.735. The van der Waals surface area contributed by atoms with Crippen LogP contribution >= 0.6 is 0 Å². The van der Waals surface area contributed by atoms with Crippen molar-refractivity contribution < 1.29 is 30.3 Å². The van der Waals surface area contributed by atoms with Crippen molar-refractivity contribution in [1.82, 2.24) is 0 Å². The summed E-state index contributed by atoms with van der Waals surface area (Å²) in [6.45, 7) is 8.88. The van der Waals surface area contributed by atoms with Crippen LogP contribution in [0.5, 0.6) is 0 Å². The summed E-state index contributed by atoms with van der Waals surface area (Å²) in [6, 6.07) is 8.63. The number of benzene rings is 1. The van der Waals surface area contributed by atoms with Crippen molar-refractivity contribution >= 4 is 17.9 Å². The summed E-state index contributed by atoms with van der Waals surface area (Å²) in [5.74, 6) is -0.0119. The first-order chi connectivity index (χ1) is 26.1. The maximum atomic E-state index is 16.1. The van der Waals surface area contributed by atoms with Gasteiger partial charge in [0.15, 0.2) is 5.78 Å². The smallest absolute Gasteiger partial charge is 0.159 e. The predicted octanol–water partition coefficient (Wildman–Crippen LogP) is 5.61. The third-order valence-corrected chi connectivity index (χ3v) is 20.7. The molecule has 0 radical (unpaired) electrons. The second-order valence-corrected chi connectivity index (χ2v) is 22.3. The molecule has 3 spiro atoms. The van der Waals surface area contributed by atoms with E-state index in [1.54, 1.807) is 0 Å². The zero-order valence-electron chi connectivity index (χ0n) is 33.5. The van der Waals surface area contributed by atoms with Crippen LogP contribution in [0.3, 0.4) is 0 Å². The van der Waals surface area contributed by atoms with E-state index in [1.807, 2.05) is 6.92 Å². The van der Waals surface area contributed by atoms with Gasteiger partial charge in [0.1, 0.15) is 0 Å². The van der Waals surface area contributed by atoms with Crippen LogP contribution in [0, 0.1) is 79.3 Å². The Labute approximate surface area is 326 Å². The van der Waals surface area contributed by atoms with Gasteiger partial charge in [-0.25, -0.2) is 0 Å². The van der Waals surface area contributed by atoms with Gasteiger partial charge in [-0.05, 0) is 145 Å². The van der Waals surface area contributed by atoms with Crippen molar-refractivity contribution in [2.75, 3.05) is 6.61 Å². The molecule has 1 aromatic rings. The summed E-state index contributed by atoms with van der Waals surface area (Å²) in [5.41, 5.74) is -3.39. The van der Waals surface area contributed by atoms with E-state index in [2.05, 4.69) is 75.4 Å². The molecule has 55 heavy (non-hydrogen) atoms. The van der Waals surface area contributed by atoms with Crippen molar-refractivity contribution in [1.29, 1.82) is 0 Å². The number of carbonyl (C=O) groups excluding carboxylic acids is 1. The van der Waals surface area contributed by atoms with Crippen LogP contribution in [0.25, 0.3) is 12.2 Å². The van der Waals surface area contributed by atoms with E-state index in [0.717, 1.165) is 64.2 Å². The highest BCUT2D eigenvalue weighted by atomic mass is 16.3. The number of hydrogen-bond donors (Lipinski definition) is 5. The van der Waals surface area contributed by atoms with Crippen LogP contribution in [-0.4, -0.2) is 61.8 Å². The Morgan fingerprint density at radius 2 is 1.58 bits per heavy atom. The lowest BCUT2D eigenvalue weighted by Gasteiger charge is -2.81. The number of aliphatic hydroxyl groups excluding tert-OH is 4. The van der Waals surface area contributed by atoms with Gasteiger partial charge in [-0.2, -0.15) is 0 Å². The lowest BCUT2D eigenvalue weighted by Crippen LogP contribution is -2.82. The SMILES string of the molecule is CC1(C)CC2C3=CC(=O)C4C56CCC(O)C(C)(C(O)CO)C5CCC4(CCC4C=c5ccccc5=CC46)C3(C)C3CCC(O)C24C3(O)C=CC2CCCC24C1. The highest BCUT2D eigenvalue weighted by Gasteiger charge is 2.86. The predicted molar refractivity (Wildman–Crippen MR) is 211 cm³/mol. The Kier molecular flexibility index (Phi) is 7.16. The normalized spacial score (nSPS) is 55.3. The Morgan fingerprint density at radius 3 is 2.35 bits per heavy atom. The van der Waals surface area contributed by atoms with E-state index in [4.69, 9.17) is 0 Å². The fourth-order valence-electron chi connectivity index (χ4n) is 19.3. The molecule has 0 amide bonds. The monoisotopic (exact) mass is 748 g/mol. The van der Waals surface area contributed by atoms with Gasteiger partial charge in [0.05, 0.1) is 30.5 Å². The maximum absolute atomic E-state index is 16.1. The van der Waals surface area contributed by atoms with Gasteiger partial charge in [0, 0.05) is 28.1 Å². The first-order valence-electron chi connectivity index (χ1n) is 22.2. The highest BCUT2D eigenvalue weighted by molar-refractivity contribution is 5.96. The lowest BCUT2D eigenvalue weighted by atomic mass is 9.23. The van der Waals surface area contributed by atoms with Gasteiger partial charge in [0.25, 0.3) is 0 Å². The Morgan fingerprint density at radius 1 is 0.836 bits per heavy atom. The molecule has 0 saturated heterocycles. The van der Waals surface area contributed by atoms with Gasteiger partial charge in [-0.1, -0.05) is 88.3 Å². The number of hydrogen-bond acceptors (Lipinski definition) is 6. The quantitative estimate of drug-likeness (QED) is 0.251. The Balaban J connectivity index is 1.21. The van der Waals surface area contributed by atoms with Crippen LogP contribution in [0.15, 0.2) is 48.1 Å². The minimum Gasteiger partial charge on any atom is -0.394 e. The summed E-state index contributed by atoms with van der Waals surface area (Å²) >= 11 is 0. The molecule has 0 aliphatic heterocycles. The lowest BCUT2D eigenvalue weighted by molar-refractivity contribution is -0.339. The van der Waals surface area contributed by atoms with Gasteiger partial charge in [-0.15, -0.1) is 0 Å². The third kappa shape index (κ3) is 3.70. The van der Waals surface area contributed by atoms with E-state index < -0.39 is 57.6 Å². The minimum atomic E-state index is -1.19. The molecule has 7 fully saturated rings. The van der Waals surface area contributed by atoms with Crippen molar-refractivity contribution in [2.45, 2.75) is 135 Å². The zero-order chi connectivity index (χ0) is 38.3. The van der Waals surface area contributed by atoms with E-state index in [1.165, 1.54) is 16.0 Å². The van der Waals surface area contributed by atoms with E-state index in [-0.39, 0.29) is 52.1 Å². The molecule has 5 N–H and O–H groups in total. The van der Waals surface area contributed by atoms with Gasteiger partial charge >= 0.3 is 0 Å². The van der Waals surface area contributed by atoms with E-state index in [0.29, 0.717) is 25.2 Å². The number of ketones is 1. The fourth-order valence-corrected chi connectivity index (χ4v) is 19.3. The van der Waals surface area contributed by atoms with Crippen LogP contribution in [0.2, 0.25) is 0 Å². The zero-order valence-corrected chi connectivity index (χ0v) is 33.5. The number of carbonyl (C=O) groups is 1. The first kappa shape index (κ1) is 36.0. The molecule has 17 unspecified atom stereocenters.